The van der Waals surface area contributed by atoms with Crippen molar-refractivity contribution in [2.75, 3.05) is 31.9 Å². The first-order chi connectivity index (χ1) is 4.93. The van der Waals surface area contributed by atoms with Gasteiger partial charge in [-0.05, 0) is 24.6 Å². The Hall–Kier alpha value is 0.270. The van der Waals surface area contributed by atoms with E-state index in [0.717, 1.165) is 18.2 Å². The highest BCUT2D eigenvalue weighted by atomic mass is 32.1. The normalized spacial score (nSPS) is 18.9. The summed E-state index contributed by atoms with van der Waals surface area (Å²) in [4.78, 5) is 0. The molecule has 0 aromatic heterocycles. The average Bonchev–Trinajstić information content (AvgIpc) is 1.84. The lowest BCUT2D eigenvalue weighted by Crippen LogP contribution is -2.47. The minimum Gasteiger partial charge on any atom is -0.316 e. The summed E-state index contributed by atoms with van der Waals surface area (Å²) in [5.41, 5.74) is 0. The molecule has 1 saturated heterocycles. The molecule has 3 heteroatoms. The van der Waals surface area contributed by atoms with Crippen LogP contribution in [0.15, 0.2) is 0 Å². The van der Waals surface area contributed by atoms with Gasteiger partial charge in [-0.15, -0.1) is 0 Å². The largest absolute Gasteiger partial charge is 0.316 e. The molecule has 0 spiro atoms. The lowest BCUT2D eigenvalue weighted by Gasteiger charge is -2.27. The van der Waals surface area contributed by atoms with Gasteiger partial charge in [0.05, 0.1) is 0 Å². The third-order valence-corrected chi connectivity index (χ3v) is 2.13. The van der Waals surface area contributed by atoms with Gasteiger partial charge in [-0.25, -0.2) is 0 Å². The van der Waals surface area contributed by atoms with Gasteiger partial charge < -0.3 is 10.6 Å². The molecular formula is C7H16N2S. The van der Waals surface area contributed by atoms with Crippen molar-refractivity contribution in [3.8, 4) is 0 Å². The Morgan fingerprint density at radius 2 is 2.30 bits per heavy atom. The standard InChI is InChI=1S/C7H16N2S/c10-3-1-2-8-4-7-5-9-6-7/h7-10H,1-6H2. The predicted molar refractivity (Wildman–Crippen MR) is 47.7 cm³/mol. The smallest absolute Gasteiger partial charge is 0.000394 e. The van der Waals surface area contributed by atoms with Crippen LogP contribution in [0.4, 0.5) is 0 Å². The van der Waals surface area contributed by atoms with Crippen molar-refractivity contribution in [1.29, 1.82) is 0 Å². The van der Waals surface area contributed by atoms with E-state index < -0.39 is 0 Å². The van der Waals surface area contributed by atoms with Crippen LogP contribution >= 0.6 is 12.6 Å². The molecule has 0 saturated carbocycles. The van der Waals surface area contributed by atoms with Gasteiger partial charge in [0.15, 0.2) is 0 Å². The molecule has 0 aliphatic carbocycles. The molecular weight excluding hydrogens is 144 g/mol. The van der Waals surface area contributed by atoms with E-state index in [9.17, 15) is 0 Å². The molecule has 60 valence electrons. The number of nitrogens with one attached hydrogen (secondary N) is 2. The molecule has 10 heavy (non-hydrogen) atoms. The van der Waals surface area contributed by atoms with Crippen LogP contribution in [-0.4, -0.2) is 31.9 Å². The lowest BCUT2D eigenvalue weighted by atomic mass is 10.0. The molecule has 0 unspecified atom stereocenters. The SMILES string of the molecule is SCCCNCC1CNC1. The summed E-state index contributed by atoms with van der Waals surface area (Å²) < 4.78 is 0. The Balaban J connectivity index is 1.76. The van der Waals surface area contributed by atoms with Crippen molar-refractivity contribution in [2.45, 2.75) is 6.42 Å². The Labute approximate surface area is 68.2 Å². The predicted octanol–water partition coefficient (Wildman–Crippen LogP) is 0.115. The Morgan fingerprint density at radius 3 is 2.80 bits per heavy atom. The maximum absolute atomic E-state index is 4.13. The fourth-order valence-electron chi connectivity index (χ4n) is 1.00. The average molecular weight is 160 g/mol. The maximum atomic E-state index is 4.13. The van der Waals surface area contributed by atoms with Crippen molar-refractivity contribution < 1.29 is 0 Å². The molecule has 0 bridgehead atoms. The Kier molecular flexibility index (Phi) is 4.18. The van der Waals surface area contributed by atoms with E-state index in [2.05, 4.69) is 23.3 Å². The second kappa shape index (κ2) is 4.99. The van der Waals surface area contributed by atoms with E-state index in [1.165, 1.54) is 26.1 Å². The monoisotopic (exact) mass is 160 g/mol. The summed E-state index contributed by atoms with van der Waals surface area (Å²) in [6.07, 6.45) is 1.18. The van der Waals surface area contributed by atoms with Crippen molar-refractivity contribution >= 4 is 12.6 Å². The molecule has 2 N–H and O–H groups in total. The van der Waals surface area contributed by atoms with Gasteiger partial charge in [0.25, 0.3) is 0 Å². The van der Waals surface area contributed by atoms with Crippen LogP contribution < -0.4 is 10.6 Å². The van der Waals surface area contributed by atoms with E-state index in [4.69, 9.17) is 0 Å². The molecule has 0 aromatic carbocycles. The van der Waals surface area contributed by atoms with E-state index in [0.29, 0.717) is 0 Å². The number of thiol groups is 1. The van der Waals surface area contributed by atoms with Crippen LogP contribution in [0.25, 0.3) is 0 Å². The molecule has 0 atom stereocenters. The van der Waals surface area contributed by atoms with Crippen molar-refractivity contribution in [1.82, 2.24) is 10.6 Å². The topological polar surface area (TPSA) is 24.1 Å². The minimum atomic E-state index is 0.889. The third-order valence-electron chi connectivity index (χ3n) is 1.81. The van der Waals surface area contributed by atoms with Crippen LogP contribution in [0.1, 0.15) is 6.42 Å². The first-order valence-electron chi connectivity index (χ1n) is 3.96. The molecule has 1 rings (SSSR count). The van der Waals surface area contributed by atoms with Gasteiger partial charge in [0.2, 0.25) is 0 Å². The van der Waals surface area contributed by atoms with Gasteiger partial charge >= 0.3 is 0 Å². The zero-order chi connectivity index (χ0) is 7.23. The second-order valence-electron chi connectivity index (χ2n) is 2.81. The van der Waals surface area contributed by atoms with Gasteiger partial charge in [0, 0.05) is 19.6 Å². The van der Waals surface area contributed by atoms with Crippen LogP contribution in [0, 0.1) is 5.92 Å². The van der Waals surface area contributed by atoms with Crippen LogP contribution in [0.2, 0.25) is 0 Å². The summed E-state index contributed by atoms with van der Waals surface area (Å²) >= 11 is 4.13. The van der Waals surface area contributed by atoms with Gasteiger partial charge in [-0.2, -0.15) is 12.6 Å². The lowest BCUT2D eigenvalue weighted by molar-refractivity contribution is 0.332. The number of hydrogen-bond donors (Lipinski definition) is 3. The summed E-state index contributed by atoms with van der Waals surface area (Å²) in [7, 11) is 0. The highest BCUT2D eigenvalue weighted by molar-refractivity contribution is 7.80. The third kappa shape index (κ3) is 2.90. The highest BCUT2D eigenvalue weighted by Gasteiger charge is 2.14. The first-order valence-corrected chi connectivity index (χ1v) is 4.59. The molecule has 0 aromatic rings. The summed E-state index contributed by atoms with van der Waals surface area (Å²) in [6, 6.07) is 0. The van der Waals surface area contributed by atoms with Gasteiger partial charge in [-0.1, -0.05) is 0 Å². The van der Waals surface area contributed by atoms with Crippen molar-refractivity contribution in [3.05, 3.63) is 0 Å². The summed E-state index contributed by atoms with van der Waals surface area (Å²) in [6.45, 7) is 4.71. The van der Waals surface area contributed by atoms with Crippen LogP contribution in [0.5, 0.6) is 0 Å². The number of rotatable bonds is 5. The zero-order valence-electron chi connectivity index (χ0n) is 6.27. The van der Waals surface area contributed by atoms with E-state index in [1.54, 1.807) is 0 Å². The molecule has 2 nitrogen and oxygen atoms in total. The second-order valence-corrected chi connectivity index (χ2v) is 3.25. The molecule has 1 aliphatic heterocycles. The summed E-state index contributed by atoms with van der Waals surface area (Å²) in [5.74, 6) is 1.88. The zero-order valence-corrected chi connectivity index (χ0v) is 7.16. The number of hydrogen-bond acceptors (Lipinski definition) is 3. The molecule has 0 amide bonds. The first kappa shape index (κ1) is 8.37. The Bertz CT molecular complexity index is 83.7. The fourth-order valence-corrected chi connectivity index (χ4v) is 1.16. The quantitative estimate of drug-likeness (QED) is 0.393. The summed E-state index contributed by atoms with van der Waals surface area (Å²) in [5, 5.41) is 6.65. The maximum Gasteiger partial charge on any atom is 0.000394 e. The Morgan fingerprint density at radius 1 is 1.50 bits per heavy atom. The molecule has 1 fully saturated rings. The van der Waals surface area contributed by atoms with E-state index in [1.807, 2.05) is 0 Å². The highest BCUT2D eigenvalue weighted by Crippen LogP contribution is 1.99. The van der Waals surface area contributed by atoms with E-state index in [-0.39, 0.29) is 0 Å². The van der Waals surface area contributed by atoms with Gasteiger partial charge in [0.1, 0.15) is 0 Å². The fraction of sp³-hybridized carbons (Fsp3) is 1.00. The molecule has 0 radical (unpaired) electrons. The van der Waals surface area contributed by atoms with Crippen LogP contribution in [-0.2, 0) is 0 Å². The molecule has 1 heterocycles. The minimum absolute atomic E-state index is 0.889. The molecule has 1 aliphatic rings. The van der Waals surface area contributed by atoms with Gasteiger partial charge in [-0.3, -0.25) is 0 Å². The van der Waals surface area contributed by atoms with Crippen molar-refractivity contribution in [2.24, 2.45) is 5.92 Å². The van der Waals surface area contributed by atoms with Crippen LogP contribution in [0.3, 0.4) is 0 Å². The van der Waals surface area contributed by atoms with Crippen molar-refractivity contribution in [3.63, 3.8) is 0 Å². The van der Waals surface area contributed by atoms with E-state index >= 15 is 0 Å².